The molecule has 0 aliphatic heterocycles. The van der Waals surface area contributed by atoms with E-state index < -0.39 is 14.3 Å². The van der Waals surface area contributed by atoms with Gasteiger partial charge in [-0.2, -0.15) is 0 Å². The standard InChI is InChI=1S/C37H32O2P2/c1-2-3-4-5-15-30-40(38,33-16-9-6-10-17-33)34-26-22-31(23-27-34)32-24-28-37(29-25-32)41(39,35-18-11-7-12-19-35)36-20-13-8-14-21-36/h2-29H,1,30H2/b4-3-,15-5-. The SMILES string of the molecule is C=C/C=C\C=C/CP(=O)(c1ccccc1)c1ccc(-c2ccc(P(=O)(c3ccccc3)c3ccccc3)cc2)cc1. The molecule has 0 aliphatic carbocycles. The summed E-state index contributed by atoms with van der Waals surface area (Å²) in [4.78, 5) is 0. The highest BCUT2D eigenvalue weighted by Crippen LogP contribution is 2.44. The van der Waals surface area contributed by atoms with Crippen molar-refractivity contribution >= 4 is 40.8 Å². The predicted molar refractivity (Wildman–Crippen MR) is 178 cm³/mol. The minimum Gasteiger partial charge on any atom is -0.313 e. The molecule has 2 nitrogen and oxygen atoms in total. The van der Waals surface area contributed by atoms with Crippen LogP contribution in [0, 0.1) is 0 Å². The Morgan fingerprint density at radius 2 is 0.854 bits per heavy atom. The Bertz CT molecular complexity index is 1690. The second kappa shape index (κ2) is 13.0. The van der Waals surface area contributed by atoms with Crippen molar-refractivity contribution in [3.63, 3.8) is 0 Å². The molecule has 202 valence electrons. The molecule has 5 rings (SSSR count). The average Bonchev–Trinajstić information content (AvgIpc) is 3.05. The molecule has 41 heavy (non-hydrogen) atoms. The predicted octanol–water partition coefficient (Wildman–Crippen LogP) is 7.61. The van der Waals surface area contributed by atoms with Gasteiger partial charge in [0, 0.05) is 32.7 Å². The van der Waals surface area contributed by atoms with E-state index in [0.717, 1.165) is 37.6 Å². The van der Waals surface area contributed by atoms with Gasteiger partial charge in [-0.3, -0.25) is 0 Å². The molecule has 1 atom stereocenters. The average molecular weight is 571 g/mol. The summed E-state index contributed by atoms with van der Waals surface area (Å²) < 4.78 is 29.0. The van der Waals surface area contributed by atoms with E-state index >= 15 is 0 Å². The highest BCUT2D eigenvalue weighted by molar-refractivity contribution is 7.85. The summed E-state index contributed by atoms with van der Waals surface area (Å²) in [5.74, 6) is 0. The van der Waals surface area contributed by atoms with Gasteiger partial charge < -0.3 is 9.13 Å². The summed E-state index contributed by atoms with van der Waals surface area (Å²) in [6.45, 7) is 3.69. The molecule has 0 amide bonds. The van der Waals surface area contributed by atoms with Gasteiger partial charge >= 0.3 is 0 Å². The van der Waals surface area contributed by atoms with E-state index in [0.29, 0.717) is 6.16 Å². The quantitative estimate of drug-likeness (QED) is 0.128. The van der Waals surface area contributed by atoms with Crippen LogP contribution in [0.25, 0.3) is 11.1 Å². The summed E-state index contributed by atoms with van der Waals surface area (Å²) in [5, 5.41) is 4.08. The van der Waals surface area contributed by atoms with Crippen LogP contribution in [-0.2, 0) is 9.13 Å². The van der Waals surface area contributed by atoms with Gasteiger partial charge in [0.15, 0.2) is 7.14 Å². The van der Waals surface area contributed by atoms with Gasteiger partial charge in [-0.1, -0.05) is 176 Å². The Balaban J connectivity index is 1.47. The van der Waals surface area contributed by atoms with E-state index in [-0.39, 0.29) is 0 Å². The molecule has 0 N–H and O–H groups in total. The summed E-state index contributed by atoms with van der Waals surface area (Å²) in [7, 11) is -5.89. The lowest BCUT2D eigenvalue weighted by Gasteiger charge is -2.20. The Morgan fingerprint density at radius 3 is 1.32 bits per heavy atom. The lowest BCUT2D eigenvalue weighted by atomic mass is 10.1. The molecule has 0 saturated heterocycles. The van der Waals surface area contributed by atoms with Gasteiger partial charge in [-0.15, -0.1) is 0 Å². The van der Waals surface area contributed by atoms with Crippen LogP contribution < -0.4 is 26.5 Å². The normalized spacial score (nSPS) is 13.3. The zero-order valence-electron chi connectivity index (χ0n) is 22.8. The Hall–Kier alpha value is -4.22. The molecule has 0 bridgehead atoms. The van der Waals surface area contributed by atoms with Crippen molar-refractivity contribution < 1.29 is 9.13 Å². The first-order valence-corrected chi connectivity index (χ1v) is 17.2. The van der Waals surface area contributed by atoms with Crippen molar-refractivity contribution in [2.24, 2.45) is 0 Å². The topological polar surface area (TPSA) is 34.1 Å². The summed E-state index contributed by atoms with van der Waals surface area (Å²) in [6.07, 6.45) is 9.76. The molecule has 0 spiro atoms. The number of hydrogen-bond donors (Lipinski definition) is 0. The molecule has 0 aliphatic rings. The van der Waals surface area contributed by atoms with Crippen molar-refractivity contribution in [3.8, 4) is 11.1 Å². The fourth-order valence-corrected chi connectivity index (χ4v) is 10.0. The number of hydrogen-bond acceptors (Lipinski definition) is 2. The monoisotopic (exact) mass is 570 g/mol. The highest BCUT2D eigenvalue weighted by Gasteiger charge is 2.29. The second-order valence-corrected chi connectivity index (χ2v) is 15.3. The Morgan fingerprint density at radius 1 is 0.463 bits per heavy atom. The largest absolute Gasteiger partial charge is 0.313 e. The molecule has 0 radical (unpaired) electrons. The Labute approximate surface area is 243 Å². The molecule has 1 unspecified atom stereocenters. The number of benzene rings is 5. The van der Waals surface area contributed by atoms with Crippen LogP contribution in [0.2, 0.25) is 0 Å². The fourth-order valence-electron chi connectivity index (χ4n) is 4.94. The van der Waals surface area contributed by atoms with E-state index in [9.17, 15) is 9.13 Å². The first kappa shape index (κ1) is 28.3. The highest BCUT2D eigenvalue weighted by atomic mass is 31.2. The first-order valence-electron chi connectivity index (χ1n) is 13.6. The van der Waals surface area contributed by atoms with E-state index in [1.54, 1.807) is 6.08 Å². The maximum absolute atomic E-state index is 14.7. The van der Waals surface area contributed by atoms with Crippen LogP contribution >= 0.6 is 14.3 Å². The first-order chi connectivity index (χ1) is 20.1. The van der Waals surface area contributed by atoms with Crippen LogP contribution in [0.15, 0.2) is 176 Å². The van der Waals surface area contributed by atoms with Crippen LogP contribution in [0.1, 0.15) is 0 Å². The molecular formula is C37H32O2P2. The van der Waals surface area contributed by atoms with E-state index in [2.05, 4.69) is 6.58 Å². The summed E-state index contributed by atoms with van der Waals surface area (Å²) >= 11 is 0. The van der Waals surface area contributed by atoms with Crippen molar-refractivity contribution in [1.29, 1.82) is 0 Å². The smallest absolute Gasteiger partial charge is 0.171 e. The van der Waals surface area contributed by atoms with E-state index in [1.165, 1.54) is 0 Å². The zero-order valence-corrected chi connectivity index (χ0v) is 24.6. The lowest BCUT2D eigenvalue weighted by molar-refractivity contribution is 0.588. The van der Waals surface area contributed by atoms with Crippen molar-refractivity contribution in [3.05, 3.63) is 176 Å². The van der Waals surface area contributed by atoms with Gasteiger partial charge in [0.2, 0.25) is 0 Å². The lowest BCUT2D eigenvalue weighted by Crippen LogP contribution is -2.24. The van der Waals surface area contributed by atoms with E-state index in [1.807, 2.05) is 164 Å². The fraction of sp³-hybridized carbons (Fsp3) is 0.0270. The van der Waals surface area contributed by atoms with Crippen LogP contribution in [0.5, 0.6) is 0 Å². The zero-order chi connectivity index (χ0) is 28.5. The van der Waals surface area contributed by atoms with Gasteiger partial charge in [0.05, 0.1) is 0 Å². The molecule has 5 aromatic carbocycles. The van der Waals surface area contributed by atoms with Crippen molar-refractivity contribution in [2.45, 2.75) is 0 Å². The molecule has 5 aromatic rings. The van der Waals surface area contributed by atoms with Crippen LogP contribution in [0.3, 0.4) is 0 Å². The molecule has 0 saturated carbocycles. The maximum Gasteiger partial charge on any atom is 0.171 e. The third-order valence-corrected chi connectivity index (χ3v) is 13.2. The Kier molecular flexibility index (Phi) is 8.95. The number of allylic oxidation sites excluding steroid dienone is 5. The van der Waals surface area contributed by atoms with E-state index in [4.69, 9.17) is 0 Å². The van der Waals surface area contributed by atoms with Gasteiger partial charge in [0.1, 0.15) is 7.14 Å². The third kappa shape index (κ3) is 6.10. The third-order valence-electron chi connectivity index (χ3n) is 7.12. The molecule has 0 heterocycles. The van der Waals surface area contributed by atoms with Gasteiger partial charge in [-0.05, 0) is 11.1 Å². The summed E-state index contributed by atoms with van der Waals surface area (Å²) in [6, 6.07) is 45.1. The van der Waals surface area contributed by atoms with Crippen LogP contribution in [0.4, 0.5) is 0 Å². The van der Waals surface area contributed by atoms with Gasteiger partial charge in [-0.25, -0.2) is 0 Å². The minimum absolute atomic E-state index is 0.431. The minimum atomic E-state index is -3.02. The van der Waals surface area contributed by atoms with Crippen molar-refractivity contribution in [1.82, 2.24) is 0 Å². The van der Waals surface area contributed by atoms with Gasteiger partial charge in [0.25, 0.3) is 0 Å². The van der Waals surface area contributed by atoms with Crippen molar-refractivity contribution in [2.75, 3.05) is 6.16 Å². The maximum atomic E-state index is 14.7. The second-order valence-electron chi connectivity index (χ2n) is 9.68. The summed E-state index contributed by atoms with van der Waals surface area (Å²) in [5.41, 5.74) is 2.02. The molecule has 0 aromatic heterocycles. The molecule has 0 fully saturated rings. The molecular weight excluding hydrogens is 538 g/mol. The van der Waals surface area contributed by atoms with Crippen LogP contribution in [-0.4, -0.2) is 6.16 Å². The number of rotatable bonds is 10. The molecule has 4 heteroatoms.